The number of carbonyl (C=O) groups is 1. The maximum Gasteiger partial charge on any atom is 0.236 e. The van der Waals surface area contributed by atoms with Gasteiger partial charge in [-0.05, 0) is 14.1 Å². The summed E-state index contributed by atoms with van der Waals surface area (Å²) in [6.45, 7) is 5.17. The molecular formula is C10H21N3O2. The molecule has 0 aromatic carbocycles. The summed E-state index contributed by atoms with van der Waals surface area (Å²) in [6, 6.07) is 0. The van der Waals surface area contributed by atoms with Crippen LogP contribution in [0.2, 0.25) is 0 Å². The van der Waals surface area contributed by atoms with Gasteiger partial charge in [-0.3, -0.25) is 4.79 Å². The second-order valence-corrected chi connectivity index (χ2v) is 3.97. The van der Waals surface area contributed by atoms with Crippen molar-refractivity contribution >= 4 is 5.91 Å². The van der Waals surface area contributed by atoms with E-state index in [-0.39, 0.29) is 5.91 Å². The third-order valence-corrected chi connectivity index (χ3v) is 2.38. The smallest absolute Gasteiger partial charge is 0.236 e. The standard InChI is InChI=1S/C10H21N3O2/c1-12(2)5-7-15-8-6-13-4-3-11-9-10(13)14/h11H,3-9H2,1-2H3. The van der Waals surface area contributed by atoms with Crippen LogP contribution < -0.4 is 5.32 Å². The lowest BCUT2D eigenvalue weighted by Crippen LogP contribution is -2.49. The Hall–Kier alpha value is -0.650. The number of nitrogens with one attached hydrogen (secondary N) is 1. The van der Waals surface area contributed by atoms with Gasteiger partial charge in [-0.15, -0.1) is 0 Å². The maximum atomic E-state index is 11.4. The fraction of sp³-hybridized carbons (Fsp3) is 0.900. The summed E-state index contributed by atoms with van der Waals surface area (Å²) < 4.78 is 5.44. The number of rotatable bonds is 6. The van der Waals surface area contributed by atoms with Gasteiger partial charge in [0.25, 0.3) is 0 Å². The highest BCUT2D eigenvalue weighted by Crippen LogP contribution is 1.93. The Labute approximate surface area is 91.4 Å². The first-order chi connectivity index (χ1) is 7.20. The molecule has 1 amide bonds. The average Bonchev–Trinajstić information content (AvgIpc) is 2.20. The Morgan fingerprint density at radius 2 is 2.27 bits per heavy atom. The normalized spacial score (nSPS) is 17.5. The molecule has 0 spiro atoms. The zero-order valence-electron chi connectivity index (χ0n) is 9.66. The quantitative estimate of drug-likeness (QED) is 0.577. The Bertz CT molecular complexity index is 197. The Kier molecular flexibility index (Phi) is 5.60. The fourth-order valence-electron chi connectivity index (χ4n) is 1.41. The highest BCUT2D eigenvalue weighted by molar-refractivity contribution is 5.78. The molecule has 0 saturated carbocycles. The lowest BCUT2D eigenvalue weighted by atomic mass is 10.3. The summed E-state index contributed by atoms with van der Waals surface area (Å²) in [6.07, 6.45) is 0. The van der Waals surface area contributed by atoms with Crippen LogP contribution in [0.5, 0.6) is 0 Å². The molecule has 1 heterocycles. The molecule has 5 heteroatoms. The van der Waals surface area contributed by atoms with Crippen molar-refractivity contribution in [2.75, 3.05) is 60.0 Å². The Balaban J connectivity index is 2.01. The third-order valence-electron chi connectivity index (χ3n) is 2.38. The van der Waals surface area contributed by atoms with Crippen LogP contribution in [0, 0.1) is 0 Å². The minimum absolute atomic E-state index is 0.178. The van der Waals surface area contributed by atoms with Crippen LogP contribution in [0.25, 0.3) is 0 Å². The highest BCUT2D eigenvalue weighted by Gasteiger charge is 2.16. The van der Waals surface area contributed by atoms with Crippen molar-refractivity contribution in [2.24, 2.45) is 0 Å². The van der Waals surface area contributed by atoms with Gasteiger partial charge in [0.1, 0.15) is 0 Å². The van der Waals surface area contributed by atoms with Gasteiger partial charge in [-0.25, -0.2) is 0 Å². The highest BCUT2D eigenvalue weighted by atomic mass is 16.5. The SMILES string of the molecule is CN(C)CCOCCN1CCNCC1=O. The van der Waals surface area contributed by atoms with Gasteiger partial charge in [-0.1, -0.05) is 0 Å². The van der Waals surface area contributed by atoms with Crippen LogP contribution in [0.3, 0.4) is 0 Å². The maximum absolute atomic E-state index is 11.4. The van der Waals surface area contributed by atoms with Gasteiger partial charge in [0.15, 0.2) is 0 Å². The van der Waals surface area contributed by atoms with Gasteiger partial charge in [-0.2, -0.15) is 0 Å². The van der Waals surface area contributed by atoms with E-state index >= 15 is 0 Å². The van der Waals surface area contributed by atoms with E-state index in [4.69, 9.17) is 4.74 Å². The van der Waals surface area contributed by atoms with Crippen molar-refractivity contribution in [3.8, 4) is 0 Å². The van der Waals surface area contributed by atoms with Crippen molar-refractivity contribution in [1.29, 1.82) is 0 Å². The van der Waals surface area contributed by atoms with Gasteiger partial charge >= 0.3 is 0 Å². The molecule has 0 aromatic rings. The van der Waals surface area contributed by atoms with Crippen molar-refractivity contribution < 1.29 is 9.53 Å². The van der Waals surface area contributed by atoms with Gasteiger partial charge in [0.2, 0.25) is 5.91 Å². The molecule has 1 aliphatic heterocycles. The molecule has 0 bridgehead atoms. The van der Waals surface area contributed by atoms with E-state index in [0.29, 0.717) is 19.7 Å². The summed E-state index contributed by atoms with van der Waals surface area (Å²) in [5, 5.41) is 3.04. The number of likely N-dealkylation sites (N-methyl/N-ethyl adjacent to an activating group) is 1. The molecule has 0 aliphatic carbocycles. The van der Waals surface area contributed by atoms with Crippen LogP contribution in [0.4, 0.5) is 0 Å². The number of amides is 1. The summed E-state index contributed by atoms with van der Waals surface area (Å²) in [7, 11) is 4.03. The van der Waals surface area contributed by atoms with E-state index in [2.05, 4.69) is 10.2 Å². The molecule has 5 nitrogen and oxygen atoms in total. The first-order valence-electron chi connectivity index (χ1n) is 5.41. The Morgan fingerprint density at radius 3 is 2.93 bits per heavy atom. The lowest BCUT2D eigenvalue weighted by Gasteiger charge is -2.27. The predicted octanol–water partition coefficient (Wildman–Crippen LogP) is -1.00. The molecule has 0 aromatic heterocycles. The van der Waals surface area contributed by atoms with Crippen LogP contribution >= 0.6 is 0 Å². The number of hydrogen-bond acceptors (Lipinski definition) is 4. The van der Waals surface area contributed by atoms with E-state index in [1.54, 1.807) is 0 Å². The molecule has 15 heavy (non-hydrogen) atoms. The number of nitrogens with zero attached hydrogens (tertiary/aromatic N) is 2. The third kappa shape index (κ3) is 5.11. The summed E-state index contributed by atoms with van der Waals surface area (Å²) in [4.78, 5) is 15.3. The van der Waals surface area contributed by atoms with Crippen molar-refractivity contribution in [1.82, 2.24) is 15.1 Å². The summed E-state index contributed by atoms with van der Waals surface area (Å²) in [5.41, 5.74) is 0. The zero-order chi connectivity index (χ0) is 11.1. The van der Waals surface area contributed by atoms with Crippen LogP contribution in [0.15, 0.2) is 0 Å². The molecule has 0 radical (unpaired) electrons. The van der Waals surface area contributed by atoms with Crippen LogP contribution in [0.1, 0.15) is 0 Å². The van der Waals surface area contributed by atoms with Gasteiger partial charge in [0, 0.05) is 26.2 Å². The molecule has 1 fully saturated rings. The first kappa shape index (κ1) is 12.4. The van der Waals surface area contributed by atoms with E-state index < -0.39 is 0 Å². The molecule has 1 rings (SSSR count). The predicted molar refractivity (Wildman–Crippen MR) is 58.8 cm³/mol. The van der Waals surface area contributed by atoms with E-state index in [1.807, 2.05) is 19.0 Å². The molecular weight excluding hydrogens is 194 g/mol. The number of carbonyl (C=O) groups excluding carboxylic acids is 1. The molecule has 1 N–H and O–H groups in total. The van der Waals surface area contributed by atoms with Gasteiger partial charge in [0.05, 0.1) is 19.8 Å². The molecule has 1 saturated heterocycles. The molecule has 0 unspecified atom stereocenters. The van der Waals surface area contributed by atoms with Crippen molar-refractivity contribution in [3.63, 3.8) is 0 Å². The zero-order valence-corrected chi connectivity index (χ0v) is 9.66. The number of hydrogen-bond donors (Lipinski definition) is 1. The summed E-state index contributed by atoms with van der Waals surface area (Å²) >= 11 is 0. The van der Waals surface area contributed by atoms with Crippen LogP contribution in [-0.4, -0.2) is 75.7 Å². The van der Waals surface area contributed by atoms with Crippen molar-refractivity contribution in [3.05, 3.63) is 0 Å². The van der Waals surface area contributed by atoms with E-state index in [1.165, 1.54) is 0 Å². The Morgan fingerprint density at radius 1 is 1.47 bits per heavy atom. The molecule has 88 valence electrons. The second kappa shape index (κ2) is 6.76. The topological polar surface area (TPSA) is 44.8 Å². The molecule has 0 atom stereocenters. The largest absolute Gasteiger partial charge is 0.378 e. The minimum atomic E-state index is 0.178. The van der Waals surface area contributed by atoms with E-state index in [9.17, 15) is 4.79 Å². The number of piperazine rings is 1. The average molecular weight is 215 g/mol. The second-order valence-electron chi connectivity index (χ2n) is 3.97. The van der Waals surface area contributed by atoms with E-state index in [0.717, 1.165) is 26.2 Å². The molecule has 1 aliphatic rings. The lowest BCUT2D eigenvalue weighted by molar-refractivity contribution is -0.132. The number of ether oxygens (including phenoxy) is 1. The van der Waals surface area contributed by atoms with Gasteiger partial charge < -0.3 is 19.9 Å². The monoisotopic (exact) mass is 215 g/mol. The minimum Gasteiger partial charge on any atom is -0.378 e. The fourth-order valence-corrected chi connectivity index (χ4v) is 1.41. The summed E-state index contributed by atoms with van der Waals surface area (Å²) in [5.74, 6) is 0.178. The van der Waals surface area contributed by atoms with Crippen molar-refractivity contribution in [2.45, 2.75) is 0 Å². The first-order valence-corrected chi connectivity index (χ1v) is 5.41. The van der Waals surface area contributed by atoms with Crippen LogP contribution in [-0.2, 0) is 9.53 Å².